The topological polar surface area (TPSA) is 111 Å². The second-order valence-corrected chi connectivity index (χ2v) is 10.8. The van der Waals surface area contributed by atoms with Gasteiger partial charge in [-0.2, -0.15) is 0 Å². The van der Waals surface area contributed by atoms with Crippen LogP contribution in [0.5, 0.6) is 11.5 Å². The number of fused-ring (bicyclic) bond motifs is 1. The molecule has 0 spiro atoms. The molecule has 0 bridgehead atoms. The largest absolute Gasteiger partial charge is 0.497 e. The second kappa shape index (κ2) is 9.14. The standard InChI is InChI=1S/C19H17ClN4O5S3/c1-28-12-4-6-13(7-5-12)32(26,27)24-10-16(29-15-8-3-11(20)9-14(15)24)17(25)21-18-22-23-19(30-2)31-18/h3-9,16H,10H2,1-2H3,(H,21,22,25). The van der Waals surface area contributed by atoms with E-state index in [4.69, 9.17) is 21.1 Å². The zero-order chi connectivity index (χ0) is 22.9. The molecule has 0 saturated heterocycles. The highest BCUT2D eigenvalue weighted by molar-refractivity contribution is 8.00. The van der Waals surface area contributed by atoms with Gasteiger partial charge in [-0.15, -0.1) is 10.2 Å². The van der Waals surface area contributed by atoms with Crippen LogP contribution in [0.4, 0.5) is 10.8 Å². The van der Waals surface area contributed by atoms with E-state index >= 15 is 0 Å². The summed E-state index contributed by atoms with van der Waals surface area (Å²) in [5.74, 6) is 0.206. The van der Waals surface area contributed by atoms with Crippen molar-refractivity contribution in [2.75, 3.05) is 29.5 Å². The van der Waals surface area contributed by atoms with Gasteiger partial charge in [0.2, 0.25) is 5.13 Å². The molecule has 0 fully saturated rings. The van der Waals surface area contributed by atoms with Crippen LogP contribution in [0, 0.1) is 0 Å². The summed E-state index contributed by atoms with van der Waals surface area (Å²) in [5.41, 5.74) is 0.248. The van der Waals surface area contributed by atoms with Crippen LogP contribution in [0.1, 0.15) is 0 Å². The van der Waals surface area contributed by atoms with Gasteiger partial charge in [-0.25, -0.2) is 8.42 Å². The lowest BCUT2D eigenvalue weighted by molar-refractivity contribution is -0.122. The van der Waals surface area contributed by atoms with Gasteiger partial charge in [0.05, 0.1) is 24.2 Å². The first kappa shape index (κ1) is 22.6. The van der Waals surface area contributed by atoms with E-state index in [-0.39, 0.29) is 22.9 Å². The number of hydrogen-bond acceptors (Lipinski definition) is 9. The highest BCUT2D eigenvalue weighted by atomic mass is 35.5. The van der Waals surface area contributed by atoms with Gasteiger partial charge in [0.1, 0.15) is 11.5 Å². The Morgan fingerprint density at radius 3 is 2.69 bits per heavy atom. The molecular formula is C19H17ClN4O5S3. The van der Waals surface area contributed by atoms with Gasteiger partial charge in [0.25, 0.3) is 15.9 Å². The summed E-state index contributed by atoms with van der Waals surface area (Å²) < 4.78 is 39.6. The van der Waals surface area contributed by atoms with Gasteiger partial charge in [0, 0.05) is 5.02 Å². The number of nitrogens with one attached hydrogen (secondary N) is 1. The third kappa shape index (κ3) is 4.49. The maximum absolute atomic E-state index is 13.5. The van der Waals surface area contributed by atoms with Gasteiger partial charge in [0.15, 0.2) is 10.4 Å². The number of benzene rings is 2. The van der Waals surface area contributed by atoms with Crippen molar-refractivity contribution in [3.63, 3.8) is 0 Å². The molecule has 1 N–H and O–H groups in total. The van der Waals surface area contributed by atoms with Gasteiger partial charge in [-0.05, 0) is 48.7 Å². The van der Waals surface area contributed by atoms with E-state index in [2.05, 4.69) is 15.5 Å². The highest BCUT2D eigenvalue weighted by Gasteiger charge is 2.38. The lowest BCUT2D eigenvalue weighted by Gasteiger charge is -2.34. The number of thioether (sulfide) groups is 1. The van der Waals surface area contributed by atoms with Gasteiger partial charge in [-0.3, -0.25) is 14.4 Å². The average Bonchev–Trinajstić information content (AvgIpc) is 3.25. The molecule has 13 heteroatoms. The molecule has 1 aromatic heterocycles. The summed E-state index contributed by atoms with van der Waals surface area (Å²) in [7, 11) is -2.53. The van der Waals surface area contributed by atoms with Crippen molar-refractivity contribution in [3.8, 4) is 11.5 Å². The van der Waals surface area contributed by atoms with E-state index in [9.17, 15) is 13.2 Å². The molecule has 9 nitrogen and oxygen atoms in total. The molecule has 0 aliphatic carbocycles. The predicted octanol–water partition coefficient (Wildman–Crippen LogP) is 3.52. The highest BCUT2D eigenvalue weighted by Crippen LogP contribution is 2.39. The lowest BCUT2D eigenvalue weighted by atomic mass is 10.2. The molecule has 168 valence electrons. The van der Waals surface area contributed by atoms with Crippen molar-refractivity contribution in [2.24, 2.45) is 0 Å². The normalized spacial score (nSPS) is 15.6. The molecule has 1 atom stereocenters. The number of rotatable bonds is 6. The Hall–Kier alpha value is -2.54. The number of aromatic nitrogens is 2. The van der Waals surface area contributed by atoms with Crippen molar-refractivity contribution in [1.29, 1.82) is 0 Å². The van der Waals surface area contributed by atoms with E-state index in [0.717, 1.165) is 4.31 Å². The van der Waals surface area contributed by atoms with Crippen LogP contribution in [-0.2, 0) is 14.8 Å². The SMILES string of the molecule is COc1ccc(S(=O)(=O)N2CC(C(=O)Nc3nnc(SC)s3)Oc3ccc(Cl)cc32)cc1. The van der Waals surface area contributed by atoms with Crippen molar-refractivity contribution < 1.29 is 22.7 Å². The van der Waals surface area contributed by atoms with Crippen LogP contribution >= 0.6 is 34.7 Å². The lowest BCUT2D eigenvalue weighted by Crippen LogP contribution is -2.48. The molecule has 1 aliphatic rings. The second-order valence-electron chi connectivity index (χ2n) is 6.50. The van der Waals surface area contributed by atoms with E-state index in [1.54, 1.807) is 18.2 Å². The zero-order valence-corrected chi connectivity index (χ0v) is 20.0. The summed E-state index contributed by atoms with van der Waals surface area (Å²) in [5, 5.41) is 11.1. The monoisotopic (exact) mass is 512 g/mol. The fourth-order valence-electron chi connectivity index (χ4n) is 2.99. The molecule has 0 saturated carbocycles. The molecule has 1 unspecified atom stereocenters. The number of ether oxygens (including phenoxy) is 2. The Bertz CT molecular complexity index is 1250. The number of hydrogen-bond donors (Lipinski definition) is 1. The predicted molar refractivity (Wildman–Crippen MR) is 124 cm³/mol. The van der Waals surface area contributed by atoms with E-state index in [0.29, 0.717) is 20.2 Å². The van der Waals surface area contributed by atoms with Gasteiger partial charge in [-0.1, -0.05) is 34.7 Å². The van der Waals surface area contributed by atoms with E-state index in [1.165, 1.54) is 54.5 Å². The number of amides is 1. The van der Waals surface area contributed by atoms with Crippen LogP contribution in [0.2, 0.25) is 5.02 Å². The third-order valence-electron chi connectivity index (χ3n) is 4.54. The van der Waals surface area contributed by atoms with Crippen molar-refractivity contribution in [3.05, 3.63) is 47.5 Å². The number of nitrogens with zero attached hydrogens (tertiary/aromatic N) is 3. The minimum atomic E-state index is -4.03. The Labute approximate surface area is 197 Å². The van der Waals surface area contributed by atoms with Gasteiger partial charge >= 0.3 is 0 Å². The first-order chi connectivity index (χ1) is 15.3. The number of halogens is 1. The minimum absolute atomic E-state index is 0.0408. The number of anilines is 2. The smallest absolute Gasteiger partial charge is 0.269 e. The summed E-state index contributed by atoms with van der Waals surface area (Å²) in [4.78, 5) is 12.9. The third-order valence-corrected chi connectivity index (χ3v) is 8.38. The Morgan fingerprint density at radius 1 is 1.28 bits per heavy atom. The Kier molecular flexibility index (Phi) is 6.47. The minimum Gasteiger partial charge on any atom is -0.497 e. The molecule has 0 radical (unpaired) electrons. The van der Waals surface area contributed by atoms with Crippen molar-refractivity contribution >= 4 is 61.4 Å². The first-order valence-corrected chi connectivity index (χ1v) is 13.0. The van der Waals surface area contributed by atoms with Crippen LogP contribution < -0.4 is 19.1 Å². The van der Waals surface area contributed by atoms with E-state index < -0.39 is 22.0 Å². The van der Waals surface area contributed by atoms with Gasteiger partial charge < -0.3 is 9.47 Å². The average molecular weight is 513 g/mol. The molecule has 32 heavy (non-hydrogen) atoms. The zero-order valence-electron chi connectivity index (χ0n) is 16.8. The molecule has 1 aliphatic heterocycles. The molecule has 3 aromatic rings. The van der Waals surface area contributed by atoms with Crippen LogP contribution in [0.25, 0.3) is 0 Å². The van der Waals surface area contributed by atoms with Crippen LogP contribution in [-0.4, -0.2) is 50.5 Å². The molecule has 4 rings (SSSR count). The molecule has 2 heterocycles. The quantitative estimate of drug-likeness (QED) is 0.394. The maximum atomic E-state index is 13.5. The summed E-state index contributed by atoms with van der Waals surface area (Å²) >= 11 is 8.72. The first-order valence-electron chi connectivity index (χ1n) is 9.13. The number of carbonyl (C=O) groups is 1. The number of methoxy groups -OCH3 is 1. The fraction of sp³-hybridized carbons (Fsp3) is 0.211. The fourth-order valence-corrected chi connectivity index (χ4v) is 5.80. The van der Waals surface area contributed by atoms with Crippen molar-refractivity contribution in [1.82, 2.24) is 10.2 Å². The Morgan fingerprint density at radius 2 is 2.03 bits per heavy atom. The summed E-state index contributed by atoms with van der Waals surface area (Å²) in [6, 6.07) is 10.6. The van der Waals surface area contributed by atoms with E-state index in [1.807, 2.05) is 6.26 Å². The van der Waals surface area contributed by atoms with Crippen LogP contribution in [0.3, 0.4) is 0 Å². The van der Waals surface area contributed by atoms with Crippen molar-refractivity contribution in [2.45, 2.75) is 15.3 Å². The number of carbonyl (C=O) groups excluding carboxylic acids is 1. The number of sulfonamides is 1. The molecule has 1 amide bonds. The summed E-state index contributed by atoms with van der Waals surface area (Å²) in [6.45, 7) is -0.248. The maximum Gasteiger partial charge on any atom is 0.269 e. The van der Waals surface area contributed by atoms with Crippen LogP contribution in [0.15, 0.2) is 51.7 Å². The Balaban J connectivity index is 1.67. The summed E-state index contributed by atoms with van der Waals surface area (Å²) in [6.07, 6.45) is 0.735. The molecular weight excluding hydrogens is 496 g/mol. The molecule has 2 aromatic carbocycles.